The van der Waals surface area contributed by atoms with E-state index in [1.165, 1.54) is 0 Å². The van der Waals surface area contributed by atoms with Crippen LogP contribution in [0.3, 0.4) is 0 Å². The second-order valence-electron chi connectivity index (χ2n) is 7.26. The molecule has 1 aliphatic carbocycles. The molecule has 0 saturated heterocycles. The number of nitrogens with one attached hydrogen (secondary N) is 1. The van der Waals surface area contributed by atoms with Gasteiger partial charge in [0.05, 0.1) is 5.69 Å². The van der Waals surface area contributed by atoms with E-state index >= 15 is 0 Å². The minimum absolute atomic E-state index is 0.207. The highest BCUT2D eigenvalue weighted by atomic mass is 16.6. The molecule has 0 aromatic heterocycles. The maximum absolute atomic E-state index is 12.6. The Morgan fingerprint density at radius 3 is 2.52 bits per heavy atom. The SMILES string of the molecule is CC#CC(=O)NCc1ccc(N(C(=O)OC(C)(C)C)C2CC2)c(C)c1. The van der Waals surface area contributed by atoms with Crippen molar-refractivity contribution in [2.75, 3.05) is 4.90 Å². The Bertz CT molecular complexity index is 719. The highest BCUT2D eigenvalue weighted by molar-refractivity contribution is 5.93. The molecule has 0 heterocycles. The first-order chi connectivity index (χ1) is 11.7. The number of nitrogens with zero attached hydrogens (tertiary/aromatic N) is 1. The van der Waals surface area contributed by atoms with Crippen molar-refractivity contribution in [1.82, 2.24) is 5.32 Å². The zero-order valence-corrected chi connectivity index (χ0v) is 15.6. The van der Waals surface area contributed by atoms with Gasteiger partial charge in [-0.3, -0.25) is 9.69 Å². The molecule has 1 saturated carbocycles. The van der Waals surface area contributed by atoms with Crippen LogP contribution in [0.4, 0.5) is 10.5 Å². The van der Waals surface area contributed by atoms with Gasteiger partial charge in [-0.15, -0.1) is 0 Å². The van der Waals surface area contributed by atoms with E-state index in [-0.39, 0.29) is 18.0 Å². The Morgan fingerprint density at radius 2 is 2.00 bits per heavy atom. The van der Waals surface area contributed by atoms with Crippen molar-refractivity contribution in [3.8, 4) is 11.8 Å². The van der Waals surface area contributed by atoms with Crippen LogP contribution in [0.2, 0.25) is 0 Å². The van der Waals surface area contributed by atoms with Gasteiger partial charge in [-0.25, -0.2) is 4.79 Å². The molecule has 0 atom stereocenters. The second-order valence-corrected chi connectivity index (χ2v) is 7.26. The van der Waals surface area contributed by atoms with Crippen LogP contribution in [0, 0.1) is 18.8 Å². The summed E-state index contributed by atoms with van der Waals surface area (Å²) in [6.07, 6.45) is 1.68. The van der Waals surface area contributed by atoms with Crippen molar-refractivity contribution < 1.29 is 14.3 Å². The van der Waals surface area contributed by atoms with E-state index in [9.17, 15) is 9.59 Å². The summed E-state index contributed by atoms with van der Waals surface area (Å²) < 4.78 is 5.56. The van der Waals surface area contributed by atoms with Crippen molar-refractivity contribution in [3.05, 3.63) is 29.3 Å². The Kier molecular flexibility index (Phi) is 5.73. The number of carbonyl (C=O) groups is 2. The van der Waals surface area contributed by atoms with Gasteiger partial charge in [0.2, 0.25) is 0 Å². The Labute approximate surface area is 149 Å². The average Bonchev–Trinajstić information content (AvgIpc) is 3.30. The molecule has 2 rings (SSSR count). The van der Waals surface area contributed by atoms with Crippen molar-refractivity contribution in [2.45, 2.75) is 65.6 Å². The van der Waals surface area contributed by atoms with Crippen LogP contribution in [0.1, 0.15) is 51.7 Å². The molecule has 5 nitrogen and oxygen atoms in total. The summed E-state index contributed by atoms with van der Waals surface area (Å²) in [7, 11) is 0. The van der Waals surface area contributed by atoms with Crippen molar-refractivity contribution in [1.29, 1.82) is 0 Å². The molecule has 1 fully saturated rings. The van der Waals surface area contributed by atoms with Crippen LogP contribution in [0.25, 0.3) is 0 Å². The van der Waals surface area contributed by atoms with Crippen LogP contribution < -0.4 is 10.2 Å². The summed E-state index contributed by atoms with van der Waals surface area (Å²) in [5.41, 5.74) is 2.28. The molecule has 1 aromatic rings. The van der Waals surface area contributed by atoms with E-state index in [2.05, 4.69) is 17.2 Å². The quantitative estimate of drug-likeness (QED) is 0.852. The number of amides is 2. The van der Waals surface area contributed by atoms with Gasteiger partial charge < -0.3 is 10.1 Å². The molecule has 0 bridgehead atoms. The molecular weight excluding hydrogens is 316 g/mol. The predicted octanol–water partition coefficient (Wildman–Crippen LogP) is 3.54. The molecule has 25 heavy (non-hydrogen) atoms. The lowest BCUT2D eigenvalue weighted by atomic mass is 10.1. The maximum atomic E-state index is 12.6. The zero-order valence-electron chi connectivity index (χ0n) is 15.6. The largest absolute Gasteiger partial charge is 0.443 e. The zero-order chi connectivity index (χ0) is 18.6. The van der Waals surface area contributed by atoms with Gasteiger partial charge in [0, 0.05) is 12.6 Å². The first-order valence-corrected chi connectivity index (χ1v) is 8.53. The third-order valence-electron chi connectivity index (χ3n) is 3.71. The lowest BCUT2D eigenvalue weighted by Crippen LogP contribution is -2.38. The molecule has 0 spiro atoms. The van der Waals surface area contributed by atoms with E-state index in [0.29, 0.717) is 6.54 Å². The van der Waals surface area contributed by atoms with Gasteiger partial charge in [0.15, 0.2) is 0 Å². The fraction of sp³-hybridized carbons (Fsp3) is 0.500. The van der Waals surface area contributed by atoms with E-state index < -0.39 is 5.60 Å². The molecule has 2 amide bonds. The minimum Gasteiger partial charge on any atom is -0.443 e. The summed E-state index contributed by atoms with van der Waals surface area (Å²) in [5, 5.41) is 2.75. The Morgan fingerprint density at radius 1 is 1.32 bits per heavy atom. The first-order valence-electron chi connectivity index (χ1n) is 8.53. The highest BCUT2D eigenvalue weighted by Gasteiger charge is 2.37. The van der Waals surface area contributed by atoms with Gasteiger partial charge in [-0.1, -0.05) is 18.1 Å². The summed E-state index contributed by atoms with van der Waals surface area (Å²) in [6, 6.07) is 6.03. The van der Waals surface area contributed by atoms with E-state index in [1.54, 1.807) is 11.8 Å². The molecule has 5 heteroatoms. The molecule has 134 valence electrons. The van der Waals surface area contributed by atoms with Gasteiger partial charge >= 0.3 is 6.09 Å². The summed E-state index contributed by atoms with van der Waals surface area (Å²) in [5.74, 6) is 4.73. The summed E-state index contributed by atoms with van der Waals surface area (Å²) in [4.78, 5) is 25.8. The number of anilines is 1. The second kappa shape index (κ2) is 7.60. The summed E-state index contributed by atoms with van der Waals surface area (Å²) in [6.45, 7) is 9.60. The van der Waals surface area contributed by atoms with Crippen molar-refractivity contribution >= 4 is 17.7 Å². The molecule has 1 aromatic carbocycles. The van der Waals surface area contributed by atoms with Gasteiger partial charge in [0.1, 0.15) is 5.60 Å². The van der Waals surface area contributed by atoms with Gasteiger partial charge in [-0.2, -0.15) is 0 Å². The summed E-state index contributed by atoms with van der Waals surface area (Å²) >= 11 is 0. The molecule has 0 unspecified atom stereocenters. The average molecular weight is 342 g/mol. The number of benzene rings is 1. The molecular formula is C20H26N2O3. The van der Waals surface area contributed by atoms with E-state index in [1.807, 2.05) is 45.9 Å². The topological polar surface area (TPSA) is 58.6 Å². The molecule has 0 radical (unpaired) electrons. The van der Waals surface area contributed by atoms with Crippen LogP contribution >= 0.6 is 0 Å². The number of carbonyl (C=O) groups excluding carboxylic acids is 2. The number of hydrogen-bond acceptors (Lipinski definition) is 3. The fourth-order valence-corrected chi connectivity index (χ4v) is 2.53. The number of ether oxygens (including phenoxy) is 1. The van der Waals surface area contributed by atoms with Crippen LogP contribution in [-0.4, -0.2) is 23.6 Å². The van der Waals surface area contributed by atoms with Gasteiger partial charge in [-0.05, 0) is 70.6 Å². The number of rotatable bonds is 4. The lowest BCUT2D eigenvalue weighted by molar-refractivity contribution is -0.115. The van der Waals surface area contributed by atoms with Crippen LogP contribution in [-0.2, 0) is 16.1 Å². The Hall–Kier alpha value is -2.48. The van der Waals surface area contributed by atoms with Crippen molar-refractivity contribution in [3.63, 3.8) is 0 Å². The van der Waals surface area contributed by atoms with E-state index in [0.717, 1.165) is 29.7 Å². The first kappa shape index (κ1) is 18.9. The monoisotopic (exact) mass is 342 g/mol. The molecule has 1 aliphatic rings. The van der Waals surface area contributed by atoms with Crippen molar-refractivity contribution in [2.24, 2.45) is 0 Å². The maximum Gasteiger partial charge on any atom is 0.415 e. The predicted molar refractivity (Wildman–Crippen MR) is 98.2 cm³/mol. The molecule has 1 N–H and O–H groups in total. The number of hydrogen-bond donors (Lipinski definition) is 1. The third-order valence-corrected chi connectivity index (χ3v) is 3.71. The van der Waals surface area contributed by atoms with E-state index in [4.69, 9.17) is 4.74 Å². The fourth-order valence-electron chi connectivity index (χ4n) is 2.53. The number of aryl methyl sites for hydroxylation is 1. The standard InChI is InChI=1S/C20H26N2O3/c1-6-7-18(23)21-13-15-8-11-17(14(2)12-15)22(16-9-10-16)19(24)25-20(3,4)5/h8,11-12,16H,9-10,13H2,1-5H3,(H,21,23). The normalized spacial score (nSPS) is 13.5. The van der Waals surface area contributed by atoms with Crippen LogP contribution in [0.15, 0.2) is 18.2 Å². The third kappa shape index (κ3) is 5.53. The lowest BCUT2D eigenvalue weighted by Gasteiger charge is -2.28. The Balaban J connectivity index is 2.15. The van der Waals surface area contributed by atoms with Crippen LogP contribution in [0.5, 0.6) is 0 Å². The van der Waals surface area contributed by atoms with Gasteiger partial charge in [0.25, 0.3) is 5.91 Å². The highest BCUT2D eigenvalue weighted by Crippen LogP contribution is 2.35. The molecule has 0 aliphatic heterocycles. The minimum atomic E-state index is -0.525. The smallest absolute Gasteiger partial charge is 0.415 e.